The fraction of sp³-hybridized carbons (Fsp3) is 0.538. The average molecular weight is 260 g/mol. The molecule has 1 aromatic rings. The lowest BCUT2D eigenvalue weighted by Gasteiger charge is -2.28. The van der Waals surface area contributed by atoms with Crippen LogP contribution >= 0.6 is 12.4 Å². The molecule has 0 bridgehead atoms. The number of benzene rings is 1. The van der Waals surface area contributed by atoms with Crippen molar-refractivity contribution in [2.75, 3.05) is 13.2 Å². The summed E-state index contributed by atoms with van der Waals surface area (Å²) in [5, 5.41) is 0. The summed E-state index contributed by atoms with van der Waals surface area (Å²) in [6.07, 6.45) is 1.85. The van der Waals surface area contributed by atoms with Crippen LogP contribution in [0.25, 0.3) is 0 Å². The Morgan fingerprint density at radius 3 is 2.65 bits per heavy atom. The van der Waals surface area contributed by atoms with Crippen molar-refractivity contribution in [2.45, 2.75) is 25.8 Å². The van der Waals surface area contributed by atoms with Gasteiger partial charge in [0.2, 0.25) is 0 Å². The highest BCUT2D eigenvalue weighted by atomic mass is 35.5. The summed E-state index contributed by atoms with van der Waals surface area (Å²) in [4.78, 5) is 0. The maximum absolute atomic E-state index is 13.7. The molecule has 1 aromatic carbocycles. The van der Waals surface area contributed by atoms with Crippen molar-refractivity contribution in [3.8, 4) is 0 Å². The Hall–Kier alpha value is -0.640. The number of rotatable bonds is 2. The van der Waals surface area contributed by atoms with Crippen molar-refractivity contribution in [3.63, 3.8) is 0 Å². The van der Waals surface area contributed by atoms with Gasteiger partial charge in [0.15, 0.2) is 0 Å². The molecule has 0 saturated carbocycles. The molecular weight excluding hydrogens is 241 g/mol. The molecule has 1 saturated heterocycles. The fourth-order valence-electron chi connectivity index (χ4n) is 2.25. The van der Waals surface area contributed by atoms with Crippen molar-refractivity contribution in [2.24, 2.45) is 11.7 Å². The summed E-state index contributed by atoms with van der Waals surface area (Å²) < 4.78 is 19.0. The molecule has 0 radical (unpaired) electrons. The molecule has 1 heterocycles. The summed E-state index contributed by atoms with van der Waals surface area (Å²) in [5.74, 6) is 0.148. The Bertz CT molecular complexity index is 366. The molecule has 1 aliphatic rings. The molecule has 0 spiro atoms. The summed E-state index contributed by atoms with van der Waals surface area (Å²) in [6, 6.07) is 4.93. The van der Waals surface area contributed by atoms with Gasteiger partial charge in [-0.25, -0.2) is 4.39 Å². The third-order valence-corrected chi connectivity index (χ3v) is 3.28. The Kier molecular flexibility index (Phi) is 5.37. The predicted octanol–water partition coefficient (Wildman–Crippen LogP) is 2.98. The number of hydrogen-bond donors (Lipinski definition) is 1. The van der Waals surface area contributed by atoms with Gasteiger partial charge in [0.05, 0.1) is 0 Å². The van der Waals surface area contributed by atoms with Crippen LogP contribution in [0.15, 0.2) is 18.2 Å². The highest BCUT2D eigenvalue weighted by Gasteiger charge is 2.24. The minimum Gasteiger partial charge on any atom is -0.381 e. The molecule has 17 heavy (non-hydrogen) atoms. The summed E-state index contributed by atoms with van der Waals surface area (Å²) in [6.45, 7) is 3.44. The van der Waals surface area contributed by atoms with E-state index in [1.54, 1.807) is 6.07 Å². The van der Waals surface area contributed by atoms with E-state index in [0.717, 1.165) is 31.6 Å². The third-order valence-electron chi connectivity index (χ3n) is 3.28. The third kappa shape index (κ3) is 3.41. The summed E-state index contributed by atoms with van der Waals surface area (Å²) in [7, 11) is 0. The van der Waals surface area contributed by atoms with Gasteiger partial charge >= 0.3 is 0 Å². The van der Waals surface area contributed by atoms with Gasteiger partial charge in [0.1, 0.15) is 5.82 Å². The molecule has 1 aliphatic heterocycles. The first-order valence-electron chi connectivity index (χ1n) is 5.78. The summed E-state index contributed by atoms with van der Waals surface area (Å²) >= 11 is 0. The van der Waals surface area contributed by atoms with E-state index in [1.165, 1.54) is 6.07 Å². The van der Waals surface area contributed by atoms with Crippen LogP contribution < -0.4 is 5.73 Å². The second-order valence-corrected chi connectivity index (χ2v) is 4.50. The first-order chi connectivity index (χ1) is 7.68. The van der Waals surface area contributed by atoms with Crippen LogP contribution in [0.4, 0.5) is 4.39 Å². The zero-order chi connectivity index (χ0) is 11.5. The van der Waals surface area contributed by atoms with Gasteiger partial charge in [-0.3, -0.25) is 0 Å². The van der Waals surface area contributed by atoms with Gasteiger partial charge in [0.25, 0.3) is 0 Å². The Morgan fingerprint density at radius 1 is 1.35 bits per heavy atom. The molecule has 0 aliphatic carbocycles. The lowest BCUT2D eigenvalue weighted by Crippen LogP contribution is -2.28. The first kappa shape index (κ1) is 14.4. The van der Waals surface area contributed by atoms with E-state index in [9.17, 15) is 4.39 Å². The fourth-order valence-corrected chi connectivity index (χ4v) is 2.25. The zero-order valence-corrected chi connectivity index (χ0v) is 10.8. The quantitative estimate of drug-likeness (QED) is 0.886. The van der Waals surface area contributed by atoms with E-state index in [4.69, 9.17) is 10.5 Å². The Labute approximate surface area is 108 Å². The minimum atomic E-state index is -0.205. The monoisotopic (exact) mass is 259 g/mol. The predicted molar refractivity (Wildman–Crippen MR) is 68.9 cm³/mol. The van der Waals surface area contributed by atoms with Gasteiger partial charge < -0.3 is 10.5 Å². The molecule has 0 aromatic heterocycles. The minimum absolute atomic E-state index is 0. The molecule has 1 fully saturated rings. The largest absolute Gasteiger partial charge is 0.381 e. The molecule has 96 valence electrons. The van der Waals surface area contributed by atoms with Crippen LogP contribution in [-0.4, -0.2) is 13.2 Å². The van der Waals surface area contributed by atoms with Crippen LogP contribution in [-0.2, 0) is 4.74 Å². The Morgan fingerprint density at radius 2 is 2.00 bits per heavy atom. The van der Waals surface area contributed by atoms with Crippen molar-refractivity contribution >= 4 is 12.4 Å². The Balaban J connectivity index is 0.00000144. The molecule has 0 unspecified atom stereocenters. The number of ether oxygens (including phenoxy) is 1. The van der Waals surface area contributed by atoms with E-state index < -0.39 is 0 Å². The molecule has 0 amide bonds. The second kappa shape index (κ2) is 6.34. The van der Waals surface area contributed by atoms with Crippen LogP contribution in [0.5, 0.6) is 0 Å². The average Bonchev–Trinajstić information content (AvgIpc) is 2.32. The normalized spacial score (nSPS) is 18.5. The van der Waals surface area contributed by atoms with E-state index in [-0.39, 0.29) is 24.3 Å². The first-order valence-corrected chi connectivity index (χ1v) is 5.78. The van der Waals surface area contributed by atoms with Crippen molar-refractivity contribution in [3.05, 3.63) is 35.1 Å². The lowest BCUT2D eigenvalue weighted by atomic mass is 9.87. The van der Waals surface area contributed by atoms with Crippen LogP contribution in [0.1, 0.15) is 30.0 Å². The standard InChI is InChI=1S/C13H18FNO.ClH/c1-9-2-3-12(14)11(8-9)13(15)10-4-6-16-7-5-10;/h2-3,8,10,13H,4-7,15H2,1H3;1H/t13-;/m1./s1. The maximum Gasteiger partial charge on any atom is 0.127 e. The van der Waals surface area contributed by atoms with Crippen LogP contribution in [0.3, 0.4) is 0 Å². The smallest absolute Gasteiger partial charge is 0.127 e. The van der Waals surface area contributed by atoms with Gasteiger partial charge in [-0.2, -0.15) is 0 Å². The molecular formula is C13H19ClFNO. The number of halogens is 2. The van der Waals surface area contributed by atoms with Crippen molar-refractivity contribution in [1.82, 2.24) is 0 Å². The van der Waals surface area contributed by atoms with E-state index in [0.29, 0.717) is 11.5 Å². The van der Waals surface area contributed by atoms with Crippen LogP contribution in [0.2, 0.25) is 0 Å². The topological polar surface area (TPSA) is 35.2 Å². The van der Waals surface area contributed by atoms with E-state index in [2.05, 4.69) is 0 Å². The van der Waals surface area contributed by atoms with Crippen molar-refractivity contribution in [1.29, 1.82) is 0 Å². The van der Waals surface area contributed by atoms with Crippen molar-refractivity contribution < 1.29 is 9.13 Å². The van der Waals surface area contributed by atoms with Crippen LogP contribution in [0, 0.1) is 18.7 Å². The number of aryl methyl sites for hydroxylation is 1. The zero-order valence-electron chi connectivity index (χ0n) is 9.99. The lowest BCUT2D eigenvalue weighted by molar-refractivity contribution is 0.0580. The van der Waals surface area contributed by atoms with E-state index in [1.807, 2.05) is 13.0 Å². The van der Waals surface area contributed by atoms with Gasteiger partial charge in [-0.05, 0) is 31.7 Å². The molecule has 2 rings (SSSR count). The highest BCUT2D eigenvalue weighted by Crippen LogP contribution is 2.29. The number of hydrogen-bond acceptors (Lipinski definition) is 2. The van der Waals surface area contributed by atoms with Gasteiger partial charge in [-0.1, -0.05) is 17.7 Å². The number of nitrogens with two attached hydrogens (primary N) is 1. The molecule has 2 nitrogen and oxygen atoms in total. The highest BCUT2D eigenvalue weighted by molar-refractivity contribution is 5.85. The van der Waals surface area contributed by atoms with Gasteiger partial charge in [0, 0.05) is 24.8 Å². The second-order valence-electron chi connectivity index (χ2n) is 4.50. The van der Waals surface area contributed by atoms with Gasteiger partial charge in [-0.15, -0.1) is 12.4 Å². The SMILES string of the molecule is Cc1ccc(F)c([C@H](N)C2CCOCC2)c1.Cl. The molecule has 2 N–H and O–H groups in total. The molecule has 1 atom stereocenters. The molecule has 4 heteroatoms. The maximum atomic E-state index is 13.7. The summed E-state index contributed by atoms with van der Waals surface area (Å²) in [5.41, 5.74) is 7.84. The van der Waals surface area contributed by atoms with E-state index >= 15 is 0 Å².